The summed E-state index contributed by atoms with van der Waals surface area (Å²) >= 11 is 0. The Morgan fingerprint density at radius 3 is 2.55 bits per heavy atom. The van der Waals surface area contributed by atoms with Crippen molar-refractivity contribution in [3.05, 3.63) is 60.3 Å². The summed E-state index contributed by atoms with van der Waals surface area (Å²) in [6.45, 7) is 9.02. The number of aromatic nitrogens is 4. The summed E-state index contributed by atoms with van der Waals surface area (Å²) in [6, 6.07) is 10.0. The summed E-state index contributed by atoms with van der Waals surface area (Å²) in [5.74, 6) is 1.41. The van der Waals surface area contributed by atoms with E-state index in [1.54, 1.807) is 28.4 Å². The largest absolute Gasteiger partial charge is 0.346 e. The van der Waals surface area contributed by atoms with Crippen molar-refractivity contribution >= 4 is 17.8 Å². The fourth-order valence-corrected chi connectivity index (χ4v) is 3.78. The summed E-state index contributed by atoms with van der Waals surface area (Å²) < 4.78 is 2.00. The average molecular weight is 420 g/mol. The second-order valence-electron chi connectivity index (χ2n) is 8.49. The molecule has 0 aliphatic carbocycles. The van der Waals surface area contributed by atoms with Crippen molar-refractivity contribution in [2.45, 2.75) is 39.8 Å². The summed E-state index contributed by atoms with van der Waals surface area (Å²) in [5.41, 5.74) is 3.16. The molecule has 0 unspecified atom stereocenters. The molecular weight excluding hydrogens is 390 g/mol. The Morgan fingerprint density at radius 2 is 1.84 bits per heavy atom. The molecule has 8 nitrogen and oxygen atoms in total. The number of carbonyl (C=O) groups excluding carboxylic acids is 1. The number of hydrogen-bond donors (Lipinski definition) is 1. The first kappa shape index (κ1) is 20.8. The molecule has 1 N–H and O–H groups in total. The Hall–Kier alpha value is -3.42. The fourth-order valence-electron chi connectivity index (χ4n) is 3.78. The van der Waals surface area contributed by atoms with Gasteiger partial charge in [-0.1, -0.05) is 31.5 Å². The van der Waals surface area contributed by atoms with Crippen molar-refractivity contribution in [3.63, 3.8) is 0 Å². The predicted molar refractivity (Wildman–Crippen MR) is 122 cm³/mol. The van der Waals surface area contributed by atoms with Crippen molar-refractivity contribution < 1.29 is 4.79 Å². The number of urea groups is 1. The van der Waals surface area contributed by atoms with Crippen LogP contribution in [-0.4, -0.2) is 50.1 Å². The normalized spacial score (nSPS) is 17.5. The molecule has 1 aliphatic heterocycles. The third kappa shape index (κ3) is 4.23. The molecule has 4 rings (SSSR count). The van der Waals surface area contributed by atoms with Crippen LogP contribution in [-0.2, 0) is 0 Å². The third-order valence-electron chi connectivity index (χ3n) is 5.71. The monoisotopic (exact) mass is 419 g/mol. The van der Waals surface area contributed by atoms with Gasteiger partial charge >= 0.3 is 6.03 Å². The van der Waals surface area contributed by atoms with E-state index >= 15 is 0 Å². The number of nitrogens with one attached hydrogen (secondary N) is 1. The van der Waals surface area contributed by atoms with Gasteiger partial charge in [0.15, 0.2) is 0 Å². The topological polar surface area (TPSA) is 79.2 Å². The summed E-state index contributed by atoms with van der Waals surface area (Å²) in [6.07, 6.45) is 5.49. The highest BCUT2D eigenvalue weighted by Crippen LogP contribution is 2.27. The van der Waals surface area contributed by atoms with Gasteiger partial charge in [-0.15, -0.1) is 0 Å². The second kappa shape index (κ2) is 8.37. The first-order chi connectivity index (χ1) is 14.8. The molecule has 0 saturated carbocycles. The minimum atomic E-state index is -0.0974. The zero-order chi connectivity index (χ0) is 22.1. The number of nitrogens with zero attached hydrogens (tertiary/aromatic N) is 6. The van der Waals surface area contributed by atoms with Crippen molar-refractivity contribution in [1.29, 1.82) is 0 Å². The molecule has 0 radical (unpaired) electrons. The Kier molecular flexibility index (Phi) is 5.63. The van der Waals surface area contributed by atoms with Crippen molar-refractivity contribution in [3.8, 4) is 5.69 Å². The molecule has 0 bridgehead atoms. The maximum absolute atomic E-state index is 12.7. The van der Waals surface area contributed by atoms with Crippen LogP contribution in [0.1, 0.15) is 38.1 Å². The molecule has 31 heavy (non-hydrogen) atoms. The van der Waals surface area contributed by atoms with Gasteiger partial charge in [0.1, 0.15) is 5.82 Å². The number of hydrogen-bond acceptors (Lipinski definition) is 5. The Morgan fingerprint density at radius 1 is 1.10 bits per heavy atom. The molecule has 3 heterocycles. The van der Waals surface area contributed by atoms with Gasteiger partial charge in [0.05, 0.1) is 24.1 Å². The Labute approximate surface area is 182 Å². The minimum Gasteiger partial charge on any atom is -0.346 e. The lowest BCUT2D eigenvalue weighted by molar-refractivity contribution is 0.229. The fraction of sp³-hybridized carbons (Fsp3) is 0.391. The van der Waals surface area contributed by atoms with Gasteiger partial charge in [-0.2, -0.15) is 4.98 Å². The lowest BCUT2D eigenvalue weighted by atomic mass is 10.0. The second-order valence-corrected chi connectivity index (χ2v) is 8.49. The number of carbonyl (C=O) groups is 1. The van der Waals surface area contributed by atoms with E-state index in [9.17, 15) is 4.79 Å². The summed E-state index contributed by atoms with van der Waals surface area (Å²) in [5, 5.41) is 3.32. The van der Waals surface area contributed by atoms with E-state index in [1.807, 2.05) is 24.7 Å². The highest BCUT2D eigenvalue weighted by Gasteiger charge is 2.38. The van der Waals surface area contributed by atoms with Crippen LogP contribution < -0.4 is 10.2 Å². The Balaban J connectivity index is 1.51. The molecule has 1 aliphatic rings. The summed E-state index contributed by atoms with van der Waals surface area (Å²) in [4.78, 5) is 29.7. The molecule has 3 aromatic rings. The van der Waals surface area contributed by atoms with E-state index in [4.69, 9.17) is 0 Å². The van der Waals surface area contributed by atoms with Gasteiger partial charge in [-0.25, -0.2) is 14.8 Å². The van der Waals surface area contributed by atoms with Gasteiger partial charge < -0.3 is 14.8 Å². The predicted octanol–water partition coefficient (Wildman–Crippen LogP) is 4.04. The van der Waals surface area contributed by atoms with E-state index in [0.717, 1.165) is 11.4 Å². The number of amides is 2. The molecule has 1 fully saturated rings. The first-order valence-electron chi connectivity index (χ1n) is 10.6. The quantitative estimate of drug-likeness (QED) is 0.652. The minimum absolute atomic E-state index is 0.0340. The van der Waals surface area contributed by atoms with Gasteiger partial charge in [0.25, 0.3) is 0 Å². The molecule has 162 valence electrons. The summed E-state index contributed by atoms with van der Waals surface area (Å²) in [7, 11) is 1.82. The first-order valence-corrected chi connectivity index (χ1v) is 10.6. The van der Waals surface area contributed by atoms with E-state index in [0.29, 0.717) is 24.2 Å². The van der Waals surface area contributed by atoms with Crippen LogP contribution in [0.4, 0.5) is 16.6 Å². The van der Waals surface area contributed by atoms with E-state index in [-0.39, 0.29) is 18.1 Å². The SMILES string of the molecule is Cc1ccc(-n2cnc([C@H](C)Nc3nccc(N4C(=O)N(C)C[C@@H]4C(C)C)n3)c2)cc1. The molecule has 1 aromatic carbocycles. The van der Waals surface area contributed by atoms with E-state index in [2.05, 4.69) is 65.3 Å². The van der Waals surface area contributed by atoms with Crippen LogP contribution in [0.2, 0.25) is 0 Å². The molecule has 0 spiro atoms. The molecule has 1 saturated heterocycles. The maximum Gasteiger partial charge on any atom is 0.325 e. The zero-order valence-electron chi connectivity index (χ0n) is 18.6. The highest BCUT2D eigenvalue weighted by atomic mass is 16.2. The third-order valence-corrected chi connectivity index (χ3v) is 5.71. The average Bonchev–Trinajstić information content (AvgIpc) is 3.34. The number of benzene rings is 1. The molecule has 2 aromatic heterocycles. The van der Waals surface area contributed by atoms with Gasteiger partial charge in [0, 0.05) is 31.7 Å². The Bertz CT molecular complexity index is 1060. The van der Waals surface area contributed by atoms with E-state index in [1.165, 1.54) is 5.56 Å². The van der Waals surface area contributed by atoms with Crippen LogP contribution in [0.15, 0.2) is 49.1 Å². The molecule has 8 heteroatoms. The van der Waals surface area contributed by atoms with Crippen molar-refractivity contribution in [2.75, 3.05) is 23.8 Å². The smallest absolute Gasteiger partial charge is 0.325 e. The standard InChI is InChI=1S/C23H29N7O/c1-15(2)20-13-28(5)23(31)30(20)21-10-11-24-22(27-21)26-17(4)19-12-29(14-25-19)18-8-6-16(3)7-9-18/h6-12,14-15,17,20H,13H2,1-5H3,(H,24,26,27)/t17-,20+/m0/s1. The lowest BCUT2D eigenvalue weighted by Crippen LogP contribution is -2.38. The highest BCUT2D eigenvalue weighted by molar-refractivity contribution is 5.94. The number of anilines is 2. The van der Waals surface area contributed by atoms with Crippen molar-refractivity contribution in [1.82, 2.24) is 24.4 Å². The maximum atomic E-state index is 12.7. The van der Waals surface area contributed by atoms with Crippen molar-refractivity contribution in [2.24, 2.45) is 5.92 Å². The lowest BCUT2D eigenvalue weighted by Gasteiger charge is -2.25. The van der Waals surface area contributed by atoms with Crippen LogP contribution >= 0.6 is 0 Å². The number of aryl methyl sites for hydroxylation is 1. The van der Waals surface area contributed by atoms with Gasteiger partial charge in [0.2, 0.25) is 5.95 Å². The number of imidazole rings is 1. The molecule has 2 atom stereocenters. The zero-order valence-corrected chi connectivity index (χ0v) is 18.6. The van der Waals surface area contributed by atoms with Crippen LogP contribution in [0.3, 0.4) is 0 Å². The molecular formula is C23H29N7O. The van der Waals surface area contributed by atoms with Gasteiger partial charge in [-0.3, -0.25) is 4.90 Å². The van der Waals surface area contributed by atoms with Crippen LogP contribution in [0, 0.1) is 12.8 Å². The number of likely N-dealkylation sites (N-methyl/N-ethyl adjacent to an activating group) is 1. The number of rotatable bonds is 6. The van der Waals surface area contributed by atoms with E-state index < -0.39 is 0 Å². The van der Waals surface area contributed by atoms with Gasteiger partial charge in [-0.05, 0) is 38.0 Å². The van der Waals surface area contributed by atoms with Crippen LogP contribution in [0.5, 0.6) is 0 Å². The van der Waals surface area contributed by atoms with Crippen LogP contribution in [0.25, 0.3) is 5.69 Å². The molecule has 2 amide bonds.